The predicted molar refractivity (Wildman–Crippen MR) is 156 cm³/mol. The van der Waals surface area contributed by atoms with Crippen molar-refractivity contribution in [3.8, 4) is 0 Å². The molecule has 3 rings (SSSR count). The van der Waals surface area contributed by atoms with E-state index in [2.05, 4.69) is 29.1 Å². The highest BCUT2D eigenvalue weighted by Gasteiger charge is 2.69. The van der Waals surface area contributed by atoms with Gasteiger partial charge in [0.2, 0.25) is 23.5 Å². The molecule has 0 aromatic rings. The second-order valence-corrected chi connectivity index (χ2v) is 13.5. The van der Waals surface area contributed by atoms with Crippen molar-refractivity contribution >= 4 is 29.6 Å². The molecule has 0 spiro atoms. The summed E-state index contributed by atoms with van der Waals surface area (Å²) in [5, 5.41) is 7.75. The molecule has 2 aliphatic carbocycles. The van der Waals surface area contributed by atoms with Crippen LogP contribution >= 0.6 is 0 Å². The average molecular weight is 609 g/mol. The molecule has 10 nitrogen and oxygen atoms in total. The summed E-state index contributed by atoms with van der Waals surface area (Å²) >= 11 is 0. The van der Waals surface area contributed by atoms with E-state index in [9.17, 15) is 32.8 Å². The molecule has 3 N–H and O–H groups in total. The number of piperidine rings is 1. The molecule has 3 aliphatic rings. The molecule has 1 heterocycles. The average Bonchev–Trinajstić information content (AvgIpc) is 3.22. The zero-order chi connectivity index (χ0) is 32.3. The first-order chi connectivity index (χ1) is 19.9. The minimum Gasteiger partial charge on any atom is -0.444 e. The van der Waals surface area contributed by atoms with E-state index in [4.69, 9.17) is 4.74 Å². The number of ether oxygens (including phenoxy) is 1. The highest BCUT2D eigenvalue weighted by atomic mass is 19.3. The molecule has 3 fully saturated rings. The molecular formula is C31H46F2N4O6. The Morgan fingerprint density at radius 3 is 2.23 bits per heavy atom. The summed E-state index contributed by atoms with van der Waals surface area (Å²) in [6.07, 6.45) is 1.82. The van der Waals surface area contributed by atoms with Gasteiger partial charge in [-0.25, -0.2) is 13.6 Å². The fraction of sp³-hybridized carbons (Fsp3) is 0.710. The number of halogens is 2. The Morgan fingerprint density at radius 1 is 1.05 bits per heavy atom. The Morgan fingerprint density at radius 2 is 1.67 bits per heavy atom. The van der Waals surface area contributed by atoms with Crippen molar-refractivity contribution in [3.63, 3.8) is 0 Å². The van der Waals surface area contributed by atoms with Crippen LogP contribution in [-0.2, 0) is 23.9 Å². The van der Waals surface area contributed by atoms with Crippen molar-refractivity contribution in [3.05, 3.63) is 25.3 Å². The van der Waals surface area contributed by atoms with Gasteiger partial charge < -0.3 is 25.6 Å². The Kier molecular flexibility index (Phi) is 10.4. The van der Waals surface area contributed by atoms with Gasteiger partial charge in [-0.2, -0.15) is 0 Å². The molecular weight excluding hydrogens is 562 g/mol. The second-order valence-electron chi connectivity index (χ2n) is 13.5. The summed E-state index contributed by atoms with van der Waals surface area (Å²) in [5.74, 6) is -6.49. The van der Waals surface area contributed by atoms with Gasteiger partial charge in [0.15, 0.2) is 0 Å². The van der Waals surface area contributed by atoms with Gasteiger partial charge in [-0.3, -0.25) is 19.2 Å². The topological polar surface area (TPSA) is 134 Å². The first-order valence-corrected chi connectivity index (χ1v) is 15.0. The van der Waals surface area contributed by atoms with Gasteiger partial charge in [0, 0.05) is 25.9 Å². The SMILES string of the molecule is C=CCCC(NC(=O)[C@@H]1[C@@H]2[C@H](CN1C(=O)[C@@H](NC(=O)OC(C)(C)C)C1CCC(F)(F)CC1)C2(C)C)C(=O)C(=O)NCC=C. The quantitative estimate of drug-likeness (QED) is 0.229. The predicted octanol–water partition coefficient (Wildman–Crippen LogP) is 3.51. The maximum Gasteiger partial charge on any atom is 0.408 e. The first-order valence-electron chi connectivity index (χ1n) is 15.0. The van der Waals surface area contributed by atoms with Crippen LogP contribution in [0.5, 0.6) is 0 Å². The Hall–Kier alpha value is -3.31. The third-order valence-electron chi connectivity index (χ3n) is 8.85. The zero-order valence-electron chi connectivity index (χ0n) is 25.8. The molecule has 4 amide bonds. The number of rotatable bonds is 12. The van der Waals surface area contributed by atoms with E-state index in [1.54, 1.807) is 26.8 Å². The maximum atomic E-state index is 14.2. The van der Waals surface area contributed by atoms with E-state index in [-0.39, 0.29) is 49.6 Å². The van der Waals surface area contributed by atoms with Crippen LogP contribution < -0.4 is 16.0 Å². The number of alkyl carbamates (subject to hydrolysis) is 1. The standard InChI is InChI=1S/C31H46F2N4O6/c1-8-10-11-20(24(38)26(40)34-16-9-2)35-25(39)23-21-19(30(21,6)7)17-37(23)27(41)22(36-28(42)43-29(3,4)5)18-12-14-31(32,33)15-13-18/h8-9,18-23H,1-2,10-17H2,3-7H3,(H,34,40)(H,35,39)(H,36,42)/t19-,20?,21-,22-,23-/m0/s1. The zero-order valence-corrected chi connectivity index (χ0v) is 25.8. The van der Waals surface area contributed by atoms with Gasteiger partial charge >= 0.3 is 6.09 Å². The second kappa shape index (κ2) is 13.1. The summed E-state index contributed by atoms with van der Waals surface area (Å²) in [6.45, 7) is 16.5. The summed E-state index contributed by atoms with van der Waals surface area (Å²) in [4.78, 5) is 67.6. The minimum atomic E-state index is -2.84. The van der Waals surface area contributed by atoms with Gasteiger partial charge in [-0.05, 0) is 69.6 Å². The van der Waals surface area contributed by atoms with Gasteiger partial charge in [0.25, 0.3) is 5.91 Å². The number of allylic oxidation sites excluding steroid dienone is 1. The van der Waals surface area contributed by atoms with Crippen molar-refractivity contribution in [1.29, 1.82) is 0 Å². The number of ketones is 1. The molecule has 1 unspecified atom stereocenters. The molecule has 240 valence electrons. The number of alkyl halides is 2. The molecule has 5 atom stereocenters. The van der Waals surface area contributed by atoms with Crippen LogP contribution in [0.1, 0.15) is 73.1 Å². The molecule has 43 heavy (non-hydrogen) atoms. The maximum absolute atomic E-state index is 14.2. The van der Waals surface area contributed by atoms with Crippen LogP contribution in [0, 0.1) is 23.2 Å². The molecule has 0 aromatic carbocycles. The number of nitrogens with zero attached hydrogens (tertiary/aromatic N) is 1. The van der Waals surface area contributed by atoms with Gasteiger partial charge in [0.1, 0.15) is 17.7 Å². The highest BCUT2D eigenvalue weighted by Crippen LogP contribution is 2.65. The van der Waals surface area contributed by atoms with E-state index in [1.165, 1.54) is 11.0 Å². The fourth-order valence-corrected chi connectivity index (χ4v) is 6.42. The smallest absolute Gasteiger partial charge is 0.408 e. The Balaban J connectivity index is 1.87. The van der Waals surface area contributed by atoms with Gasteiger partial charge in [-0.1, -0.05) is 26.0 Å². The normalized spacial score (nSPS) is 25.4. The van der Waals surface area contributed by atoms with Crippen molar-refractivity contribution < 1.29 is 37.5 Å². The van der Waals surface area contributed by atoms with Crippen LogP contribution in [0.2, 0.25) is 0 Å². The number of nitrogens with one attached hydrogen (secondary N) is 3. The van der Waals surface area contributed by atoms with Crippen molar-refractivity contribution in [1.82, 2.24) is 20.9 Å². The molecule has 2 saturated carbocycles. The lowest BCUT2D eigenvalue weighted by Gasteiger charge is -2.38. The summed E-state index contributed by atoms with van der Waals surface area (Å²) in [5.41, 5.74) is -1.12. The number of carbonyl (C=O) groups is 5. The largest absolute Gasteiger partial charge is 0.444 e. The third kappa shape index (κ3) is 8.20. The Labute approximate surface area is 252 Å². The van der Waals surface area contributed by atoms with Crippen molar-refractivity contribution in [2.75, 3.05) is 13.1 Å². The number of hydrogen-bond acceptors (Lipinski definition) is 6. The summed E-state index contributed by atoms with van der Waals surface area (Å²) in [7, 11) is 0. The van der Waals surface area contributed by atoms with Crippen LogP contribution in [0.15, 0.2) is 25.3 Å². The monoisotopic (exact) mass is 608 g/mol. The number of fused-ring (bicyclic) bond motifs is 1. The number of likely N-dealkylation sites (tertiary alicyclic amines) is 1. The van der Waals surface area contributed by atoms with Crippen LogP contribution in [0.3, 0.4) is 0 Å². The van der Waals surface area contributed by atoms with E-state index < -0.39 is 78.0 Å². The highest BCUT2D eigenvalue weighted by molar-refractivity contribution is 6.38. The van der Waals surface area contributed by atoms with E-state index in [0.717, 1.165) is 0 Å². The molecule has 0 radical (unpaired) electrons. The number of carbonyl (C=O) groups excluding carboxylic acids is 5. The fourth-order valence-electron chi connectivity index (χ4n) is 6.42. The molecule has 0 bridgehead atoms. The van der Waals surface area contributed by atoms with E-state index in [1.807, 2.05) is 13.8 Å². The van der Waals surface area contributed by atoms with Crippen LogP contribution in [-0.4, -0.2) is 77.2 Å². The van der Waals surface area contributed by atoms with Crippen LogP contribution in [0.4, 0.5) is 13.6 Å². The number of hydrogen-bond donors (Lipinski definition) is 3. The van der Waals surface area contributed by atoms with Crippen molar-refractivity contribution in [2.24, 2.45) is 23.2 Å². The van der Waals surface area contributed by atoms with E-state index >= 15 is 0 Å². The number of Topliss-reactive ketones (excluding diaryl/α,β-unsaturated/α-hetero) is 1. The lowest BCUT2D eigenvalue weighted by Crippen LogP contribution is -2.60. The lowest BCUT2D eigenvalue weighted by atomic mass is 9.81. The first kappa shape index (κ1) is 34.2. The summed E-state index contributed by atoms with van der Waals surface area (Å²) in [6, 6.07) is -3.30. The lowest BCUT2D eigenvalue weighted by molar-refractivity contribution is -0.145. The molecule has 1 aliphatic heterocycles. The molecule has 0 aromatic heterocycles. The van der Waals surface area contributed by atoms with Crippen LogP contribution in [0.25, 0.3) is 0 Å². The Bertz CT molecular complexity index is 1120. The molecule has 12 heteroatoms. The number of amides is 4. The summed E-state index contributed by atoms with van der Waals surface area (Å²) < 4.78 is 33.4. The van der Waals surface area contributed by atoms with Crippen molar-refractivity contribution in [2.45, 2.75) is 103 Å². The van der Waals surface area contributed by atoms with Gasteiger partial charge in [0.05, 0.1) is 6.04 Å². The third-order valence-corrected chi connectivity index (χ3v) is 8.85. The van der Waals surface area contributed by atoms with Gasteiger partial charge in [-0.15, -0.1) is 13.2 Å². The minimum absolute atomic E-state index is 0.0108. The molecule has 1 saturated heterocycles. The van der Waals surface area contributed by atoms with E-state index in [0.29, 0.717) is 6.42 Å².